The van der Waals surface area contributed by atoms with Crippen molar-refractivity contribution in [3.63, 3.8) is 0 Å². The molecule has 0 amide bonds. The quantitative estimate of drug-likeness (QED) is 0.181. The summed E-state index contributed by atoms with van der Waals surface area (Å²) < 4.78 is 10.4. The summed E-state index contributed by atoms with van der Waals surface area (Å²) in [6, 6.07) is 0. The molecule has 0 aliphatic carbocycles. The van der Waals surface area contributed by atoms with Gasteiger partial charge in [0.25, 0.3) is 0 Å². The molecule has 0 bridgehead atoms. The Balaban J connectivity index is 3.62. The highest BCUT2D eigenvalue weighted by atomic mass is 16.6. The first-order valence-corrected chi connectivity index (χ1v) is 12.1. The van der Waals surface area contributed by atoms with Crippen molar-refractivity contribution < 1.29 is 24.2 Å². The number of unbranched alkanes of at least 4 members (excludes halogenated alkanes) is 13. The molecular formula is C24H46O5. The first-order chi connectivity index (χ1) is 14.1. The third-order valence-electron chi connectivity index (χ3n) is 5.15. The molecule has 0 rings (SSSR count). The van der Waals surface area contributed by atoms with Crippen LogP contribution in [0.3, 0.4) is 0 Å². The Hall–Kier alpha value is -1.10. The number of carbonyl (C=O) groups excluding carboxylic acids is 2. The van der Waals surface area contributed by atoms with E-state index in [0.717, 1.165) is 38.5 Å². The number of aliphatic hydroxyl groups excluding tert-OH is 1. The first-order valence-electron chi connectivity index (χ1n) is 12.1. The van der Waals surface area contributed by atoms with Gasteiger partial charge in [-0.3, -0.25) is 9.59 Å². The van der Waals surface area contributed by atoms with E-state index in [4.69, 9.17) is 9.47 Å². The van der Waals surface area contributed by atoms with Crippen molar-refractivity contribution in [1.82, 2.24) is 0 Å². The highest BCUT2D eigenvalue weighted by Crippen LogP contribution is 2.12. The maximum absolute atomic E-state index is 11.9. The van der Waals surface area contributed by atoms with E-state index in [9.17, 15) is 14.7 Å². The molecule has 0 aromatic carbocycles. The average molecular weight is 415 g/mol. The second-order valence-corrected chi connectivity index (χ2v) is 8.07. The van der Waals surface area contributed by atoms with Gasteiger partial charge in [-0.2, -0.15) is 0 Å². The molecule has 172 valence electrons. The zero-order valence-electron chi connectivity index (χ0n) is 19.1. The number of rotatable bonds is 21. The lowest BCUT2D eigenvalue weighted by Gasteiger charge is -2.15. The van der Waals surface area contributed by atoms with E-state index in [2.05, 4.69) is 13.8 Å². The molecular weight excluding hydrogens is 368 g/mol. The molecule has 5 nitrogen and oxygen atoms in total. The molecule has 0 spiro atoms. The molecule has 1 atom stereocenters. The topological polar surface area (TPSA) is 72.8 Å². The van der Waals surface area contributed by atoms with Gasteiger partial charge in [-0.1, -0.05) is 97.3 Å². The maximum atomic E-state index is 11.9. The molecule has 0 radical (unpaired) electrons. The molecule has 0 heterocycles. The zero-order chi connectivity index (χ0) is 21.6. The predicted octanol–water partition coefficient (Wildman–Crippen LogP) is 6.11. The Morgan fingerprint density at radius 3 is 1.52 bits per heavy atom. The van der Waals surface area contributed by atoms with Crippen LogP contribution in [-0.2, 0) is 19.1 Å². The Labute approximate surface area is 178 Å². The van der Waals surface area contributed by atoms with E-state index in [1.807, 2.05) is 0 Å². The van der Waals surface area contributed by atoms with Crippen LogP contribution in [0.25, 0.3) is 0 Å². The highest BCUT2D eigenvalue weighted by molar-refractivity contribution is 5.70. The average Bonchev–Trinajstić information content (AvgIpc) is 2.72. The van der Waals surface area contributed by atoms with Crippen molar-refractivity contribution >= 4 is 11.9 Å². The van der Waals surface area contributed by atoms with Gasteiger partial charge in [0.2, 0.25) is 0 Å². The number of hydrogen-bond donors (Lipinski definition) is 1. The van der Waals surface area contributed by atoms with Crippen LogP contribution in [0, 0.1) is 0 Å². The molecule has 0 saturated carbocycles. The van der Waals surface area contributed by atoms with Crippen LogP contribution in [0.5, 0.6) is 0 Å². The third kappa shape index (κ3) is 20.0. The second-order valence-electron chi connectivity index (χ2n) is 8.07. The summed E-state index contributed by atoms with van der Waals surface area (Å²) in [5, 5.41) is 9.34. The lowest BCUT2D eigenvalue weighted by atomic mass is 10.1. The van der Waals surface area contributed by atoms with Crippen molar-refractivity contribution in [3.8, 4) is 0 Å². The summed E-state index contributed by atoms with van der Waals surface area (Å²) in [5.41, 5.74) is 0. The third-order valence-corrected chi connectivity index (χ3v) is 5.15. The Morgan fingerprint density at radius 1 is 0.655 bits per heavy atom. The van der Waals surface area contributed by atoms with E-state index in [1.54, 1.807) is 0 Å². The fourth-order valence-electron chi connectivity index (χ4n) is 3.26. The predicted molar refractivity (Wildman–Crippen MR) is 118 cm³/mol. The fraction of sp³-hybridized carbons (Fsp3) is 0.917. The van der Waals surface area contributed by atoms with E-state index in [-0.39, 0.29) is 25.2 Å². The molecule has 29 heavy (non-hydrogen) atoms. The minimum absolute atomic E-state index is 0.0614. The zero-order valence-corrected chi connectivity index (χ0v) is 19.1. The fourth-order valence-corrected chi connectivity index (χ4v) is 3.26. The van der Waals surface area contributed by atoms with Crippen LogP contribution >= 0.6 is 0 Å². The van der Waals surface area contributed by atoms with Gasteiger partial charge in [-0.05, 0) is 12.8 Å². The van der Waals surface area contributed by atoms with Gasteiger partial charge >= 0.3 is 11.9 Å². The summed E-state index contributed by atoms with van der Waals surface area (Å²) in [4.78, 5) is 23.6. The Morgan fingerprint density at radius 2 is 1.07 bits per heavy atom. The van der Waals surface area contributed by atoms with Crippen molar-refractivity contribution in [3.05, 3.63) is 0 Å². The van der Waals surface area contributed by atoms with Gasteiger partial charge in [-0.25, -0.2) is 0 Å². The van der Waals surface area contributed by atoms with E-state index in [1.165, 1.54) is 57.8 Å². The summed E-state index contributed by atoms with van der Waals surface area (Å²) in [5.74, 6) is -0.607. The van der Waals surface area contributed by atoms with Gasteiger partial charge in [0, 0.05) is 12.8 Å². The monoisotopic (exact) mass is 414 g/mol. The SMILES string of the molecule is CCCCCCCCCCCCC(=O)OC(CO)COC(=O)CCCCCCC. The Bertz CT molecular complexity index is 383. The molecule has 0 aromatic rings. The molecule has 5 heteroatoms. The summed E-state index contributed by atoms with van der Waals surface area (Å²) in [6.07, 6.45) is 17.5. The van der Waals surface area contributed by atoms with Crippen LogP contribution in [0.2, 0.25) is 0 Å². The lowest BCUT2D eigenvalue weighted by Crippen LogP contribution is -2.28. The van der Waals surface area contributed by atoms with Crippen molar-refractivity contribution in [2.75, 3.05) is 13.2 Å². The van der Waals surface area contributed by atoms with Crippen LogP contribution in [-0.4, -0.2) is 36.4 Å². The largest absolute Gasteiger partial charge is 0.462 e. The minimum Gasteiger partial charge on any atom is -0.462 e. The second kappa shape index (κ2) is 21.6. The summed E-state index contributed by atoms with van der Waals surface area (Å²) in [6.45, 7) is 4.00. The molecule has 0 fully saturated rings. The molecule has 0 aliphatic rings. The van der Waals surface area contributed by atoms with Crippen LogP contribution in [0.1, 0.15) is 123 Å². The molecule has 1 unspecified atom stereocenters. The molecule has 0 aromatic heterocycles. The summed E-state index contributed by atoms with van der Waals surface area (Å²) >= 11 is 0. The minimum atomic E-state index is -0.755. The smallest absolute Gasteiger partial charge is 0.306 e. The molecule has 0 saturated heterocycles. The molecule has 0 aliphatic heterocycles. The van der Waals surface area contributed by atoms with Crippen LogP contribution in [0.4, 0.5) is 0 Å². The highest BCUT2D eigenvalue weighted by Gasteiger charge is 2.16. The first kappa shape index (κ1) is 27.9. The van der Waals surface area contributed by atoms with Gasteiger partial charge in [0.05, 0.1) is 6.61 Å². The number of carbonyl (C=O) groups is 2. The van der Waals surface area contributed by atoms with E-state index >= 15 is 0 Å². The van der Waals surface area contributed by atoms with Crippen molar-refractivity contribution in [2.24, 2.45) is 0 Å². The normalized spacial score (nSPS) is 12.0. The number of hydrogen-bond acceptors (Lipinski definition) is 5. The number of aliphatic hydroxyl groups is 1. The summed E-state index contributed by atoms with van der Waals surface area (Å²) in [7, 11) is 0. The lowest BCUT2D eigenvalue weighted by molar-refractivity contribution is -0.161. The van der Waals surface area contributed by atoms with Crippen molar-refractivity contribution in [2.45, 2.75) is 129 Å². The van der Waals surface area contributed by atoms with E-state index < -0.39 is 6.10 Å². The number of ether oxygens (including phenoxy) is 2. The van der Waals surface area contributed by atoms with Gasteiger partial charge in [-0.15, -0.1) is 0 Å². The van der Waals surface area contributed by atoms with Crippen LogP contribution < -0.4 is 0 Å². The van der Waals surface area contributed by atoms with Gasteiger partial charge in [0.15, 0.2) is 6.10 Å². The van der Waals surface area contributed by atoms with Crippen LogP contribution in [0.15, 0.2) is 0 Å². The van der Waals surface area contributed by atoms with Crippen molar-refractivity contribution in [1.29, 1.82) is 0 Å². The Kier molecular flexibility index (Phi) is 20.8. The van der Waals surface area contributed by atoms with Gasteiger partial charge in [0.1, 0.15) is 6.61 Å². The van der Waals surface area contributed by atoms with E-state index in [0.29, 0.717) is 12.8 Å². The standard InChI is InChI=1S/C24H46O5/c1-3-5-7-9-10-11-12-13-15-17-19-24(27)29-22(20-25)21-28-23(26)18-16-14-8-6-4-2/h22,25H,3-21H2,1-2H3. The molecule has 1 N–H and O–H groups in total. The van der Waals surface area contributed by atoms with Gasteiger partial charge < -0.3 is 14.6 Å². The maximum Gasteiger partial charge on any atom is 0.306 e. The number of esters is 2.